The lowest BCUT2D eigenvalue weighted by Gasteiger charge is -2.31. The molecular weight excluding hydrogens is 262 g/mol. The van der Waals surface area contributed by atoms with Crippen LogP contribution >= 0.6 is 27.3 Å². The van der Waals surface area contributed by atoms with Crippen LogP contribution in [0.2, 0.25) is 0 Å². The summed E-state index contributed by atoms with van der Waals surface area (Å²) in [4.78, 5) is 2.36. The largest absolute Gasteiger partial charge is 0.346 e. The van der Waals surface area contributed by atoms with Gasteiger partial charge in [0.1, 0.15) is 5.01 Å². The molecule has 1 fully saturated rings. The van der Waals surface area contributed by atoms with Gasteiger partial charge in [-0.2, -0.15) is 0 Å². The predicted molar refractivity (Wildman–Crippen MR) is 63.4 cm³/mol. The molecule has 0 saturated carbocycles. The molecule has 5 heteroatoms. The summed E-state index contributed by atoms with van der Waals surface area (Å²) in [5, 5.41) is 11.5. The van der Waals surface area contributed by atoms with Crippen LogP contribution in [0.15, 0.2) is 0 Å². The molecule has 1 atom stereocenters. The van der Waals surface area contributed by atoms with Crippen molar-refractivity contribution >= 4 is 32.4 Å². The van der Waals surface area contributed by atoms with E-state index in [2.05, 4.69) is 31.0 Å². The molecule has 0 radical (unpaired) electrons. The van der Waals surface area contributed by atoms with Gasteiger partial charge in [-0.3, -0.25) is 0 Å². The lowest BCUT2D eigenvalue weighted by molar-refractivity contribution is 0.454. The molecule has 78 valence electrons. The minimum Gasteiger partial charge on any atom is -0.346 e. The molecule has 1 unspecified atom stereocenters. The van der Waals surface area contributed by atoms with Crippen LogP contribution < -0.4 is 4.90 Å². The van der Waals surface area contributed by atoms with E-state index in [1.165, 1.54) is 12.8 Å². The van der Waals surface area contributed by atoms with Gasteiger partial charge in [-0.25, -0.2) is 0 Å². The van der Waals surface area contributed by atoms with E-state index in [9.17, 15) is 0 Å². The topological polar surface area (TPSA) is 29.0 Å². The zero-order chi connectivity index (χ0) is 9.97. The van der Waals surface area contributed by atoms with Crippen LogP contribution in [0.1, 0.15) is 17.8 Å². The molecule has 2 rings (SSSR count). The molecule has 14 heavy (non-hydrogen) atoms. The Balaban J connectivity index is 2.04. The summed E-state index contributed by atoms with van der Waals surface area (Å²) < 4.78 is 0. The Morgan fingerprint density at radius 2 is 2.43 bits per heavy atom. The maximum atomic E-state index is 4.19. The van der Waals surface area contributed by atoms with E-state index in [0.717, 1.165) is 34.5 Å². The van der Waals surface area contributed by atoms with Crippen molar-refractivity contribution in [2.75, 3.05) is 23.3 Å². The number of anilines is 1. The van der Waals surface area contributed by atoms with Gasteiger partial charge in [0.05, 0.1) is 0 Å². The quantitative estimate of drug-likeness (QED) is 0.777. The second-order valence-corrected chi connectivity index (χ2v) is 5.52. The lowest BCUT2D eigenvalue weighted by Crippen LogP contribution is -2.35. The van der Waals surface area contributed by atoms with Crippen LogP contribution in [-0.4, -0.2) is 28.6 Å². The summed E-state index contributed by atoms with van der Waals surface area (Å²) in [6.45, 7) is 4.27. The average Bonchev–Trinajstić information content (AvgIpc) is 2.65. The minimum atomic E-state index is 0.771. The summed E-state index contributed by atoms with van der Waals surface area (Å²) in [5.41, 5.74) is 0. The van der Waals surface area contributed by atoms with Crippen LogP contribution in [-0.2, 0) is 0 Å². The van der Waals surface area contributed by atoms with E-state index in [4.69, 9.17) is 0 Å². The first-order valence-corrected chi connectivity index (χ1v) is 6.84. The Morgan fingerprint density at radius 1 is 1.57 bits per heavy atom. The van der Waals surface area contributed by atoms with Crippen LogP contribution in [0.5, 0.6) is 0 Å². The number of alkyl halides is 1. The van der Waals surface area contributed by atoms with Gasteiger partial charge in [0.25, 0.3) is 0 Å². The fraction of sp³-hybridized carbons (Fsp3) is 0.778. The molecule has 0 aliphatic carbocycles. The molecule has 0 bridgehead atoms. The molecule has 1 aromatic rings. The third-order valence-corrected chi connectivity index (χ3v) is 4.34. The number of nitrogens with zero attached hydrogens (tertiary/aromatic N) is 3. The number of hydrogen-bond donors (Lipinski definition) is 0. The van der Waals surface area contributed by atoms with Gasteiger partial charge >= 0.3 is 0 Å². The number of aromatic nitrogens is 2. The number of rotatable bonds is 2. The molecule has 0 aromatic carbocycles. The second-order valence-electron chi connectivity index (χ2n) is 3.71. The molecule has 1 aliphatic rings. The van der Waals surface area contributed by atoms with Crippen molar-refractivity contribution in [3.05, 3.63) is 5.01 Å². The number of aryl methyl sites for hydroxylation is 1. The summed E-state index contributed by atoms with van der Waals surface area (Å²) in [5.74, 6) is 0.771. The zero-order valence-corrected chi connectivity index (χ0v) is 10.6. The molecule has 0 spiro atoms. The predicted octanol–water partition coefficient (Wildman–Crippen LogP) is 2.46. The fourth-order valence-corrected chi connectivity index (χ4v) is 3.03. The number of piperidine rings is 1. The average molecular weight is 276 g/mol. The summed E-state index contributed by atoms with van der Waals surface area (Å²) in [6.07, 6.45) is 2.61. The highest BCUT2D eigenvalue weighted by atomic mass is 79.9. The Kier molecular flexibility index (Phi) is 3.38. The highest BCUT2D eigenvalue weighted by molar-refractivity contribution is 9.09. The highest BCUT2D eigenvalue weighted by Crippen LogP contribution is 2.26. The molecule has 2 heterocycles. The van der Waals surface area contributed by atoms with Gasteiger partial charge in [0, 0.05) is 18.4 Å². The second kappa shape index (κ2) is 4.57. The SMILES string of the molecule is Cc1nnc(N2CCCC(CBr)C2)s1. The van der Waals surface area contributed by atoms with E-state index >= 15 is 0 Å². The maximum Gasteiger partial charge on any atom is 0.208 e. The molecule has 3 nitrogen and oxygen atoms in total. The molecule has 0 N–H and O–H groups in total. The first-order valence-electron chi connectivity index (χ1n) is 4.90. The monoisotopic (exact) mass is 275 g/mol. The van der Waals surface area contributed by atoms with Gasteiger partial charge in [0.2, 0.25) is 5.13 Å². The maximum absolute atomic E-state index is 4.19. The Bertz CT molecular complexity index is 302. The molecule has 1 aromatic heterocycles. The zero-order valence-electron chi connectivity index (χ0n) is 8.24. The molecule has 1 aliphatic heterocycles. The normalized spacial score (nSPS) is 22.7. The van der Waals surface area contributed by atoms with E-state index in [1.807, 2.05) is 6.92 Å². The first kappa shape index (κ1) is 10.4. The highest BCUT2D eigenvalue weighted by Gasteiger charge is 2.21. The van der Waals surface area contributed by atoms with Crippen LogP contribution in [0.4, 0.5) is 5.13 Å². The molecule has 1 saturated heterocycles. The first-order chi connectivity index (χ1) is 6.79. The smallest absolute Gasteiger partial charge is 0.208 e. The Labute approximate surface area is 96.7 Å². The molecule has 0 amide bonds. The third-order valence-electron chi connectivity index (χ3n) is 2.52. The number of halogens is 1. The van der Waals surface area contributed by atoms with Gasteiger partial charge in [0.15, 0.2) is 0 Å². The van der Waals surface area contributed by atoms with Crippen molar-refractivity contribution < 1.29 is 0 Å². The van der Waals surface area contributed by atoms with E-state index in [1.54, 1.807) is 11.3 Å². The fourth-order valence-electron chi connectivity index (χ4n) is 1.78. The van der Waals surface area contributed by atoms with Gasteiger partial charge in [-0.1, -0.05) is 27.3 Å². The summed E-state index contributed by atoms with van der Waals surface area (Å²) in [7, 11) is 0. The van der Waals surface area contributed by atoms with Crippen LogP contribution in [0.3, 0.4) is 0 Å². The van der Waals surface area contributed by atoms with Gasteiger partial charge in [-0.15, -0.1) is 10.2 Å². The summed E-state index contributed by atoms with van der Waals surface area (Å²) >= 11 is 5.25. The third kappa shape index (κ3) is 2.25. The van der Waals surface area contributed by atoms with Crippen molar-refractivity contribution in [3.63, 3.8) is 0 Å². The van der Waals surface area contributed by atoms with Crippen molar-refractivity contribution in [3.8, 4) is 0 Å². The van der Waals surface area contributed by atoms with Crippen LogP contribution in [0, 0.1) is 12.8 Å². The lowest BCUT2D eigenvalue weighted by atomic mass is 10.0. The van der Waals surface area contributed by atoms with Gasteiger partial charge in [-0.05, 0) is 25.7 Å². The minimum absolute atomic E-state index is 0.771. The Morgan fingerprint density at radius 3 is 3.07 bits per heavy atom. The van der Waals surface area contributed by atoms with Crippen molar-refractivity contribution in [1.82, 2.24) is 10.2 Å². The van der Waals surface area contributed by atoms with E-state index < -0.39 is 0 Å². The number of hydrogen-bond acceptors (Lipinski definition) is 4. The van der Waals surface area contributed by atoms with Crippen molar-refractivity contribution in [2.45, 2.75) is 19.8 Å². The van der Waals surface area contributed by atoms with Crippen molar-refractivity contribution in [2.24, 2.45) is 5.92 Å². The van der Waals surface area contributed by atoms with Crippen LogP contribution in [0.25, 0.3) is 0 Å². The van der Waals surface area contributed by atoms with E-state index in [-0.39, 0.29) is 0 Å². The van der Waals surface area contributed by atoms with Crippen molar-refractivity contribution in [1.29, 1.82) is 0 Å². The standard InChI is InChI=1S/C9H14BrN3S/c1-7-11-12-9(14-7)13-4-2-3-8(5-10)6-13/h8H,2-6H2,1H3. The van der Waals surface area contributed by atoms with Gasteiger partial charge < -0.3 is 4.90 Å². The summed E-state index contributed by atoms with van der Waals surface area (Å²) in [6, 6.07) is 0. The van der Waals surface area contributed by atoms with E-state index in [0.29, 0.717) is 0 Å². The molecular formula is C9H14BrN3S. The Hall–Kier alpha value is -0.160.